The van der Waals surface area contributed by atoms with E-state index in [2.05, 4.69) is 193 Å². The summed E-state index contributed by atoms with van der Waals surface area (Å²) in [5.41, 5.74) is 10.0. The zero-order valence-electron chi connectivity index (χ0n) is 33.3. The number of hydrogen-bond donors (Lipinski definition) is 0. The smallest absolute Gasteiger partial charge is 0.164 e. The maximum absolute atomic E-state index is 6.71. The van der Waals surface area contributed by atoms with Crippen LogP contribution in [0.5, 0.6) is 0 Å². The molecule has 0 saturated heterocycles. The monoisotopic (exact) mass is 790 g/mol. The summed E-state index contributed by atoms with van der Waals surface area (Å²) in [5.74, 6) is 1.82. The van der Waals surface area contributed by atoms with Crippen molar-refractivity contribution in [1.82, 2.24) is 19.5 Å². The fraction of sp³-hybridized carbons (Fsp3) is 0. The lowest BCUT2D eigenvalue weighted by molar-refractivity contribution is 0.669. The largest absolute Gasteiger partial charge is 0.456 e. The third kappa shape index (κ3) is 5.32. The van der Waals surface area contributed by atoms with E-state index < -0.39 is 0 Å². The lowest BCUT2D eigenvalue weighted by Gasteiger charge is -2.12. The summed E-state index contributed by atoms with van der Waals surface area (Å²) in [6, 6.07) is 72.7. The van der Waals surface area contributed by atoms with E-state index in [1.54, 1.807) is 0 Å². The van der Waals surface area contributed by atoms with Crippen LogP contribution in [-0.4, -0.2) is 19.5 Å². The Morgan fingerprint density at radius 3 is 1.84 bits per heavy atom. The minimum Gasteiger partial charge on any atom is -0.456 e. The quantitative estimate of drug-likeness (QED) is 0.174. The van der Waals surface area contributed by atoms with Crippen molar-refractivity contribution in [3.05, 3.63) is 206 Å². The zero-order chi connectivity index (χ0) is 40.7. The predicted octanol–water partition coefficient (Wildman–Crippen LogP) is 15.0. The molecule has 5 nitrogen and oxygen atoms in total. The van der Waals surface area contributed by atoms with Crippen molar-refractivity contribution in [3.8, 4) is 51.0 Å². The molecule has 0 bridgehead atoms. The number of nitrogens with zero attached hydrogens (tertiary/aromatic N) is 4. The molecule has 62 heavy (non-hydrogen) atoms. The van der Waals surface area contributed by atoms with Gasteiger partial charge in [0.05, 0.1) is 11.0 Å². The Hall–Kier alpha value is -8.41. The fourth-order valence-electron chi connectivity index (χ4n) is 9.60. The maximum Gasteiger partial charge on any atom is 0.164 e. The van der Waals surface area contributed by atoms with Gasteiger partial charge in [-0.15, -0.1) is 0 Å². The Morgan fingerprint density at radius 2 is 0.968 bits per heavy atom. The van der Waals surface area contributed by atoms with E-state index in [0.717, 1.165) is 77.1 Å². The first-order valence-corrected chi connectivity index (χ1v) is 20.9. The highest BCUT2D eigenvalue weighted by atomic mass is 16.3. The normalized spacial score (nSPS) is 11.9. The summed E-state index contributed by atoms with van der Waals surface area (Å²) in [4.78, 5) is 15.7. The number of benzene rings is 10. The average molecular weight is 791 g/mol. The molecule has 0 aliphatic carbocycles. The van der Waals surface area contributed by atoms with Crippen molar-refractivity contribution in [2.24, 2.45) is 0 Å². The molecule has 0 radical (unpaired) electrons. The van der Waals surface area contributed by atoms with E-state index in [1.807, 2.05) is 18.2 Å². The van der Waals surface area contributed by atoms with Gasteiger partial charge >= 0.3 is 0 Å². The summed E-state index contributed by atoms with van der Waals surface area (Å²) in [6.45, 7) is 0. The molecule has 0 aliphatic rings. The average Bonchev–Trinajstić information content (AvgIpc) is 3.89. The van der Waals surface area contributed by atoms with Crippen LogP contribution in [-0.2, 0) is 0 Å². The summed E-state index contributed by atoms with van der Waals surface area (Å²) >= 11 is 0. The predicted molar refractivity (Wildman–Crippen MR) is 256 cm³/mol. The van der Waals surface area contributed by atoms with Crippen LogP contribution < -0.4 is 0 Å². The number of aromatic nitrogens is 4. The Balaban J connectivity index is 1.03. The highest BCUT2D eigenvalue weighted by molar-refractivity contribution is 6.23. The van der Waals surface area contributed by atoms with E-state index in [-0.39, 0.29) is 0 Å². The minimum atomic E-state index is 0.594. The molecule has 0 fully saturated rings. The molecule has 0 unspecified atom stereocenters. The van der Waals surface area contributed by atoms with Crippen LogP contribution in [0.25, 0.3) is 127 Å². The highest BCUT2D eigenvalue weighted by Gasteiger charge is 2.21. The standard InChI is InChI=1S/C57H34N4O/c1-2-16-37(17-3-1)55-58-56(60-57(59-55)46-25-13-27-50-53(46)45-23-10-11-26-49(45)61(50)40-30-28-35-14-4-5-18-38(35)32-40)39-29-31-51-48(33-39)54-44-22-9-8-21-43(44)47(34-52(54)62-51)42-24-12-19-36-15-6-7-20-41(36)42/h1-34H. The summed E-state index contributed by atoms with van der Waals surface area (Å²) in [5, 5.41) is 11.5. The molecular weight excluding hydrogens is 757 g/mol. The third-order valence-corrected chi connectivity index (χ3v) is 12.4. The summed E-state index contributed by atoms with van der Waals surface area (Å²) in [7, 11) is 0. The van der Waals surface area contributed by atoms with Crippen molar-refractivity contribution in [2.75, 3.05) is 0 Å². The van der Waals surface area contributed by atoms with E-state index in [1.165, 1.54) is 32.5 Å². The van der Waals surface area contributed by atoms with Gasteiger partial charge in [-0.2, -0.15) is 0 Å². The van der Waals surface area contributed by atoms with Gasteiger partial charge in [-0.05, 0) is 92.0 Å². The molecule has 0 N–H and O–H groups in total. The lowest BCUT2D eigenvalue weighted by Crippen LogP contribution is -2.00. The van der Waals surface area contributed by atoms with Crippen LogP contribution in [0.3, 0.4) is 0 Å². The molecule has 0 spiro atoms. The molecule has 0 atom stereocenters. The first-order chi connectivity index (χ1) is 30.7. The fourth-order valence-corrected chi connectivity index (χ4v) is 9.60. The first kappa shape index (κ1) is 34.5. The number of furan rings is 1. The van der Waals surface area contributed by atoms with Gasteiger partial charge in [-0.1, -0.05) is 158 Å². The van der Waals surface area contributed by atoms with E-state index in [0.29, 0.717) is 17.5 Å². The van der Waals surface area contributed by atoms with Crippen molar-refractivity contribution >= 4 is 76.1 Å². The Kier molecular flexibility index (Phi) is 7.54. The second kappa shape index (κ2) is 13.6. The van der Waals surface area contributed by atoms with Gasteiger partial charge in [0, 0.05) is 43.9 Å². The molecule has 10 aromatic carbocycles. The van der Waals surface area contributed by atoms with Gasteiger partial charge < -0.3 is 8.98 Å². The first-order valence-electron chi connectivity index (χ1n) is 20.9. The molecule has 0 aliphatic heterocycles. The van der Waals surface area contributed by atoms with Gasteiger partial charge in [0.1, 0.15) is 11.2 Å². The molecule has 13 rings (SSSR count). The number of rotatable bonds is 5. The van der Waals surface area contributed by atoms with Crippen molar-refractivity contribution in [2.45, 2.75) is 0 Å². The topological polar surface area (TPSA) is 56.7 Å². The highest BCUT2D eigenvalue weighted by Crippen LogP contribution is 2.43. The Labute approximate surface area is 355 Å². The van der Waals surface area contributed by atoms with Crippen molar-refractivity contribution < 1.29 is 4.42 Å². The van der Waals surface area contributed by atoms with Crippen molar-refractivity contribution in [3.63, 3.8) is 0 Å². The van der Waals surface area contributed by atoms with Crippen LogP contribution in [0.4, 0.5) is 0 Å². The zero-order valence-corrected chi connectivity index (χ0v) is 33.3. The summed E-state index contributed by atoms with van der Waals surface area (Å²) in [6.07, 6.45) is 0. The van der Waals surface area contributed by atoms with E-state index >= 15 is 0 Å². The van der Waals surface area contributed by atoms with Crippen LogP contribution in [0.2, 0.25) is 0 Å². The van der Waals surface area contributed by atoms with E-state index in [9.17, 15) is 0 Å². The van der Waals surface area contributed by atoms with E-state index in [4.69, 9.17) is 19.4 Å². The number of para-hydroxylation sites is 1. The van der Waals surface area contributed by atoms with Gasteiger partial charge in [0.2, 0.25) is 0 Å². The molecule has 3 aromatic heterocycles. The molecule has 288 valence electrons. The molecule has 5 heteroatoms. The van der Waals surface area contributed by atoms with Gasteiger partial charge in [0.25, 0.3) is 0 Å². The Morgan fingerprint density at radius 1 is 0.323 bits per heavy atom. The Bertz CT molecular complexity index is 3930. The molecule has 13 aromatic rings. The maximum atomic E-state index is 6.71. The van der Waals surface area contributed by atoms with Gasteiger partial charge in [-0.3, -0.25) is 0 Å². The van der Waals surface area contributed by atoms with Gasteiger partial charge in [-0.25, -0.2) is 15.0 Å². The third-order valence-electron chi connectivity index (χ3n) is 12.4. The molecule has 3 heterocycles. The minimum absolute atomic E-state index is 0.594. The number of hydrogen-bond acceptors (Lipinski definition) is 4. The SMILES string of the molecule is c1ccc(-c2nc(-c3ccc4oc5cc(-c6cccc7ccccc67)c6ccccc6c5c4c3)nc(-c3cccc4c3c3ccccc3n4-c3ccc4ccccc4c3)n2)cc1. The molecule has 0 saturated carbocycles. The molecular formula is C57H34N4O. The second-order valence-electron chi connectivity index (χ2n) is 15.9. The number of fused-ring (bicyclic) bond motifs is 10. The van der Waals surface area contributed by atoms with Crippen molar-refractivity contribution in [1.29, 1.82) is 0 Å². The lowest BCUT2D eigenvalue weighted by atomic mass is 9.92. The summed E-state index contributed by atoms with van der Waals surface area (Å²) < 4.78 is 9.06. The van der Waals surface area contributed by atoms with Crippen LogP contribution >= 0.6 is 0 Å². The molecule has 0 amide bonds. The van der Waals surface area contributed by atoms with Gasteiger partial charge in [0.15, 0.2) is 17.5 Å². The van der Waals surface area contributed by atoms with Crippen LogP contribution in [0.1, 0.15) is 0 Å². The van der Waals surface area contributed by atoms with Crippen LogP contribution in [0.15, 0.2) is 211 Å². The van der Waals surface area contributed by atoms with Crippen LogP contribution in [0, 0.1) is 0 Å². The second-order valence-corrected chi connectivity index (χ2v) is 15.9.